The third kappa shape index (κ3) is 3.76. The van der Waals surface area contributed by atoms with Crippen LogP contribution in [0.1, 0.15) is 34.4 Å². The van der Waals surface area contributed by atoms with Gasteiger partial charge in [0.2, 0.25) is 0 Å². The number of aromatic nitrogens is 5. The first kappa shape index (κ1) is 22.5. The van der Waals surface area contributed by atoms with Crippen LogP contribution < -0.4 is 4.74 Å². The van der Waals surface area contributed by atoms with Crippen molar-refractivity contribution in [1.82, 2.24) is 24.6 Å². The summed E-state index contributed by atoms with van der Waals surface area (Å²) in [6.45, 7) is 6.34. The molecule has 0 amide bonds. The quantitative estimate of drug-likeness (QED) is 0.255. The van der Waals surface area contributed by atoms with Gasteiger partial charge in [-0.3, -0.25) is 0 Å². The SMILES string of the molecule is Cc1cccc(C)c1OCc1ccc(-c2nc3c4sc5nc(C(F)F)cc(C)c5c4ncn3n2)cc1. The number of hydrogen-bond donors (Lipinski definition) is 0. The van der Waals surface area contributed by atoms with Crippen LogP contribution in [0.15, 0.2) is 54.9 Å². The summed E-state index contributed by atoms with van der Waals surface area (Å²) in [5.41, 5.74) is 5.93. The molecule has 6 nitrogen and oxygen atoms in total. The van der Waals surface area contributed by atoms with Gasteiger partial charge in [0, 0.05) is 10.9 Å². The average molecular weight is 502 g/mol. The minimum atomic E-state index is -2.62. The fourth-order valence-electron chi connectivity index (χ4n) is 4.40. The number of fused-ring (bicyclic) bond motifs is 5. The van der Waals surface area contributed by atoms with Crippen molar-refractivity contribution < 1.29 is 13.5 Å². The Morgan fingerprint density at radius 3 is 2.44 bits per heavy atom. The highest BCUT2D eigenvalue weighted by Gasteiger charge is 2.19. The summed E-state index contributed by atoms with van der Waals surface area (Å²) in [6.07, 6.45) is -1.02. The lowest BCUT2D eigenvalue weighted by atomic mass is 10.1. The van der Waals surface area contributed by atoms with Crippen LogP contribution in [0, 0.1) is 20.8 Å². The van der Waals surface area contributed by atoms with Gasteiger partial charge in [0.25, 0.3) is 6.43 Å². The van der Waals surface area contributed by atoms with Gasteiger partial charge in [0.05, 0.1) is 5.52 Å². The maximum Gasteiger partial charge on any atom is 0.280 e. The number of rotatable bonds is 5. The van der Waals surface area contributed by atoms with Crippen molar-refractivity contribution in [2.75, 3.05) is 0 Å². The summed E-state index contributed by atoms with van der Waals surface area (Å²) < 4.78 is 35.0. The van der Waals surface area contributed by atoms with Crippen LogP contribution in [0.4, 0.5) is 8.78 Å². The molecule has 0 bridgehead atoms. The molecule has 4 heterocycles. The van der Waals surface area contributed by atoms with Gasteiger partial charge < -0.3 is 4.74 Å². The van der Waals surface area contributed by atoms with E-state index in [9.17, 15) is 8.78 Å². The van der Waals surface area contributed by atoms with E-state index in [1.165, 1.54) is 17.4 Å². The molecule has 0 radical (unpaired) electrons. The summed E-state index contributed by atoms with van der Waals surface area (Å²) in [4.78, 5) is 14.0. The molecule has 0 aliphatic rings. The van der Waals surface area contributed by atoms with Gasteiger partial charge in [0.15, 0.2) is 11.5 Å². The van der Waals surface area contributed by atoms with Gasteiger partial charge in [-0.15, -0.1) is 16.4 Å². The van der Waals surface area contributed by atoms with E-state index in [1.807, 2.05) is 56.3 Å². The Bertz CT molecular complexity index is 1740. The molecule has 2 aromatic carbocycles. The maximum atomic E-state index is 13.3. The van der Waals surface area contributed by atoms with Crippen LogP contribution in [-0.4, -0.2) is 24.6 Å². The van der Waals surface area contributed by atoms with Crippen molar-refractivity contribution in [3.8, 4) is 17.1 Å². The zero-order valence-electron chi connectivity index (χ0n) is 19.8. The van der Waals surface area contributed by atoms with Crippen molar-refractivity contribution in [3.63, 3.8) is 0 Å². The number of halogens is 2. The molecule has 9 heteroatoms. The molecule has 0 N–H and O–H groups in total. The van der Waals surface area contributed by atoms with E-state index in [0.717, 1.165) is 43.7 Å². The molecule has 0 spiro atoms. The van der Waals surface area contributed by atoms with Gasteiger partial charge in [-0.1, -0.05) is 42.5 Å². The summed E-state index contributed by atoms with van der Waals surface area (Å²) in [5, 5.41) is 5.37. The highest BCUT2D eigenvalue weighted by molar-refractivity contribution is 7.26. The second kappa shape index (κ2) is 8.60. The maximum absolute atomic E-state index is 13.3. The van der Waals surface area contributed by atoms with Gasteiger partial charge in [-0.05, 0) is 49.1 Å². The molecule has 0 saturated carbocycles. The first-order chi connectivity index (χ1) is 17.4. The molecule has 0 atom stereocenters. The van der Waals surface area contributed by atoms with Crippen LogP contribution in [0.5, 0.6) is 5.75 Å². The zero-order valence-corrected chi connectivity index (χ0v) is 20.6. The first-order valence-electron chi connectivity index (χ1n) is 11.4. The number of ether oxygens (including phenoxy) is 1. The molecule has 0 fully saturated rings. The predicted molar refractivity (Wildman–Crippen MR) is 137 cm³/mol. The third-order valence-electron chi connectivity index (χ3n) is 6.21. The Morgan fingerprint density at radius 2 is 1.72 bits per heavy atom. The van der Waals surface area contributed by atoms with E-state index >= 15 is 0 Å². The largest absolute Gasteiger partial charge is 0.488 e. The van der Waals surface area contributed by atoms with Crippen molar-refractivity contribution in [3.05, 3.63) is 82.8 Å². The topological polar surface area (TPSA) is 65.2 Å². The van der Waals surface area contributed by atoms with Gasteiger partial charge >= 0.3 is 0 Å². The smallest absolute Gasteiger partial charge is 0.280 e. The van der Waals surface area contributed by atoms with Crippen LogP contribution in [0.25, 0.3) is 37.5 Å². The van der Waals surface area contributed by atoms with Crippen molar-refractivity contribution in [2.24, 2.45) is 0 Å². The fourth-order valence-corrected chi connectivity index (χ4v) is 5.59. The number of pyridine rings is 1. The number of hydrogen-bond acceptors (Lipinski definition) is 6. The number of alkyl halides is 2. The van der Waals surface area contributed by atoms with Crippen molar-refractivity contribution >= 4 is 37.4 Å². The van der Waals surface area contributed by atoms with Crippen molar-refractivity contribution in [1.29, 1.82) is 0 Å². The molecule has 6 aromatic rings. The summed E-state index contributed by atoms with van der Waals surface area (Å²) in [7, 11) is 0. The monoisotopic (exact) mass is 501 g/mol. The number of aryl methyl sites for hydroxylation is 3. The van der Waals surface area contributed by atoms with Gasteiger partial charge in [-0.2, -0.15) is 0 Å². The Hall–Kier alpha value is -3.98. The van der Waals surface area contributed by atoms with E-state index in [2.05, 4.69) is 15.1 Å². The fraction of sp³-hybridized carbons (Fsp3) is 0.185. The lowest BCUT2D eigenvalue weighted by Crippen LogP contribution is -1.98. The van der Waals surface area contributed by atoms with Crippen LogP contribution in [0.2, 0.25) is 0 Å². The highest BCUT2D eigenvalue weighted by Crippen LogP contribution is 2.37. The lowest BCUT2D eigenvalue weighted by molar-refractivity contribution is 0.146. The third-order valence-corrected chi connectivity index (χ3v) is 7.28. The molecule has 4 aromatic heterocycles. The average Bonchev–Trinajstić information content (AvgIpc) is 3.46. The molecule has 0 saturated heterocycles. The van der Waals surface area contributed by atoms with E-state index in [-0.39, 0.29) is 5.69 Å². The van der Waals surface area contributed by atoms with Gasteiger partial charge in [0.1, 0.15) is 33.9 Å². The van der Waals surface area contributed by atoms with Crippen molar-refractivity contribution in [2.45, 2.75) is 33.8 Å². The Kier molecular flexibility index (Phi) is 5.37. The van der Waals surface area contributed by atoms with Crippen LogP contribution >= 0.6 is 11.3 Å². The standard InChI is InChI=1S/C27H21F2N5OS/c1-14-5-4-6-15(2)22(14)35-12-17-7-9-18(10-8-17)25-32-26-23-21(30-13-34(26)33-25)20-16(3)11-19(24(28)29)31-27(20)36-23/h4-11,13,24H,12H2,1-3H3. The van der Waals surface area contributed by atoms with Gasteiger partial charge in [-0.25, -0.2) is 28.2 Å². The van der Waals surface area contributed by atoms with E-state index in [1.54, 1.807) is 17.8 Å². The van der Waals surface area contributed by atoms with Crippen LogP contribution in [-0.2, 0) is 6.61 Å². The number of nitrogens with zero attached hydrogens (tertiary/aromatic N) is 5. The molecule has 36 heavy (non-hydrogen) atoms. The van der Waals surface area contributed by atoms with E-state index in [0.29, 0.717) is 28.4 Å². The number of thiophene rings is 1. The summed E-state index contributed by atoms with van der Waals surface area (Å²) in [6, 6.07) is 15.5. The van der Waals surface area contributed by atoms with E-state index in [4.69, 9.17) is 9.72 Å². The Morgan fingerprint density at radius 1 is 0.972 bits per heavy atom. The first-order valence-corrected chi connectivity index (χ1v) is 12.2. The molecular weight excluding hydrogens is 480 g/mol. The minimum Gasteiger partial charge on any atom is -0.488 e. The molecule has 0 aliphatic carbocycles. The molecule has 6 rings (SSSR count). The molecule has 180 valence electrons. The number of para-hydroxylation sites is 1. The van der Waals surface area contributed by atoms with E-state index < -0.39 is 6.43 Å². The predicted octanol–water partition coefficient (Wildman–Crippen LogP) is 7.00. The molecule has 0 aliphatic heterocycles. The lowest BCUT2D eigenvalue weighted by Gasteiger charge is -2.12. The summed E-state index contributed by atoms with van der Waals surface area (Å²) in [5.74, 6) is 1.47. The molecular formula is C27H21F2N5OS. The second-order valence-corrected chi connectivity index (χ2v) is 9.78. The number of benzene rings is 2. The summed E-state index contributed by atoms with van der Waals surface area (Å²) >= 11 is 1.31. The minimum absolute atomic E-state index is 0.230. The Labute approximate surface area is 209 Å². The Balaban J connectivity index is 1.33. The normalized spacial score (nSPS) is 11.8. The molecule has 0 unspecified atom stereocenters. The van der Waals surface area contributed by atoms with Crippen LogP contribution in [0.3, 0.4) is 0 Å². The second-order valence-electron chi connectivity index (χ2n) is 8.78. The zero-order chi connectivity index (χ0) is 25.0. The highest BCUT2D eigenvalue weighted by atomic mass is 32.1.